The van der Waals surface area contributed by atoms with E-state index in [2.05, 4.69) is 32.9 Å². The van der Waals surface area contributed by atoms with Gasteiger partial charge < -0.3 is 20.3 Å². The molecule has 0 bridgehead atoms. The van der Waals surface area contributed by atoms with Crippen molar-refractivity contribution < 1.29 is 19.4 Å². The summed E-state index contributed by atoms with van der Waals surface area (Å²) >= 11 is 0. The van der Waals surface area contributed by atoms with Crippen LogP contribution in [0.1, 0.15) is 76.3 Å². The average Bonchev–Trinajstić information content (AvgIpc) is 2.67. The van der Waals surface area contributed by atoms with E-state index in [1.807, 2.05) is 6.08 Å². The Bertz CT molecular complexity index is 775. The maximum Gasteiger partial charge on any atom is 0.331 e. The molecule has 0 saturated heterocycles. The first kappa shape index (κ1) is 24.5. The summed E-state index contributed by atoms with van der Waals surface area (Å²) in [5.74, 6) is 1.19. The van der Waals surface area contributed by atoms with Gasteiger partial charge in [0.1, 0.15) is 17.1 Å². The summed E-state index contributed by atoms with van der Waals surface area (Å²) in [7, 11) is 0. The second-order valence-electron chi connectivity index (χ2n) is 8.85. The van der Waals surface area contributed by atoms with Gasteiger partial charge in [-0.15, -0.1) is 12.4 Å². The average molecular weight is 438 g/mol. The minimum Gasteiger partial charge on any atom is -0.493 e. The lowest BCUT2D eigenvalue weighted by atomic mass is 9.67. The molecule has 0 amide bonds. The van der Waals surface area contributed by atoms with Gasteiger partial charge in [0.2, 0.25) is 0 Å². The van der Waals surface area contributed by atoms with Gasteiger partial charge in [-0.1, -0.05) is 25.8 Å². The molecule has 1 aromatic carbocycles. The first-order valence-electron chi connectivity index (χ1n) is 11.0. The molecule has 1 heterocycles. The number of benzene rings is 1. The van der Waals surface area contributed by atoms with E-state index in [4.69, 9.17) is 15.2 Å². The van der Waals surface area contributed by atoms with Crippen molar-refractivity contribution >= 4 is 18.4 Å². The highest BCUT2D eigenvalue weighted by molar-refractivity contribution is 5.87. The molecule has 5 nitrogen and oxygen atoms in total. The zero-order valence-electron chi connectivity index (χ0n) is 18.4. The van der Waals surface area contributed by atoms with Gasteiger partial charge in [0, 0.05) is 23.0 Å². The molecule has 2 atom stereocenters. The number of halogens is 1. The van der Waals surface area contributed by atoms with Gasteiger partial charge in [-0.05, 0) is 70.2 Å². The molecule has 3 rings (SSSR count). The Morgan fingerprint density at radius 1 is 1.30 bits per heavy atom. The first-order chi connectivity index (χ1) is 13.9. The Labute approximate surface area is 186 Å². The van der Waals surface area contributed by atoms with Crippen LogP contribution in [0.25, 0.3) is 0 Å². The molecule has 2 aliphatic rings. The third-order valence-electron chi connectivity index (χ3n) is 6.29. The van der Waals surface area contributed by atoms with E-state index in [1.54, 1.807) is 0 Å². The van der Waals surface area contributed by atoms with Gasteiger partial charge in [0.15, 0.2) is 0 Å². The summed E-state index contributed by atoms with van der Waals surface area (Å²) < 4.78 is 12.7. The second-order valence-corrected chi connectivity index (χ2v) is 8.85. The van der Waals surface area contributed by atoms with Gasteiger partial charge in [-0.25, -0.2) is 4.79 Å². The van der Waals surface area contributed by atoms with Crippen LogP contribution in [0.15, 0.2) is 23.8 Å². The van der Waals surface area contributed by atoms with E-state index < -0.39 is 5.97 Å². The number of allylic oxidation sites excluding steroid dienone is 1. The zero-order valence-corrected chi connectivity index (χ0v) is 19.2. The monoisotopic (exact) mass is 437 g/mol. The van der Waals surface area contributed by atoms with E-state index in [0.29, 0.717) is 31.6 Å². The molecule has 1 aliphatic carbocycles. The number of carboxylic acid groups (broad SMARTS) is 1. The Morgan fingerprint density at radius 2 is 2.07 bits per heavy atom. The van der Waals surface area contributed by atoms with Gasteiger partial charge in [0.05, 0.1) is 6.61 Å². The number of unbranched alkanes of at least 4 members (excludes halogenated alkanes) is 2. The number of rotatable bonds is 9. The molecular weight excluding hydrogens is 402 g/mol. The Morgan fingerprint density at radius 3 is 2.73 bits per heavy atom. The molecule has 6 heteroatoms. The molecule has 0 radical (unpaired) electrons. The summed E-state index contributed by atoms with van der Waals surface area (Å²) in [5.41, 5.74) is 8.06. The van der Waals surface area contributed by atoms with E-state index in [0.717, 1.165) is 36.3 Å². The predicted molar refractivity (Wildman–Crippen MR) is 122 cm³/mol. The fourth-order valence-corrected chi connectivity index (χ4v) is 4.71. The minimum atomic E-state index is -0.823. The number of carbonyl (C=O) groups is 1. The number of hydrogen-bond donors (Lipinski definition) is 2. The van der Waals surface area contributed by atoms with E-state index in [1.165, 1.54) is 18.4 Å². The van der Waals surface area contributed by atoms with Gasteiger partial charge in [-0.3, -0.25) is 0 Å². The highest BCUT2D eigenvalue weighted by atomic mass is 35.5. The van der Waals surface area contributed by atoms with Gasteiger partial charge in [-0.2, -0.15) is 0 Å². The molecule has 0 fully saturated rings. The van der Waals surface area contributed by atoms with E-state index >= 15 is 0 Å². The lowest BCUT2D eigenvalue weighted by Gasteiger charge is -2.47. The van der Waals surface area contributed by atoms with Crippen molar-refractivity contribution in [2.45, 2.75) is 77.2 Å². The summed E-state index contributed by atoms with van der Waals surface area (Å²) in [5, 5.41) is 9.57. The third kappa shape index (κ3) is 5.30. The molecule has 3 N–H and O–H groups in total. The Kier molecular flexibility index (Phi) is 8.62. The van der Waals surface area contributed by atoms with Crippen molar-refractivity contribution in [3.63, 3.8) is 0 Å². The van der Waals surface area contributed by atoms with Gasteiger partial charge in [0.25, 0.3) is 0 Å². The van der Waals surface area contributed by atoms with Crippen molar-refractivity contribution in [3.05, 3.63) is 34.9 Å². The Balaban J connectivity index is 0.00000320. The van der Waals surface area contributed by atoms with Crippen LogP contribution < -0.4 is 15.2 Å². The van der Waals surface area contributed by atoms with E-state index in [-0.39, 0.29) is 29.8 Å². The molecule has 0 saturated carbocycles. The quantitative estimate of drug-likeness (QED) is 0.516. The molecule has 0 unspecified atom stereocenters. The summed E-state index contributed by atoms with van der Waals surface area (Å²) in [6, 6.07) is 4.29. The normalized spacial score (nSPS) is 21.4. The van der Waals surface area contributed by atoms with Crippen LogP contribution in [0.5, 0.6) is 11.5 Å². The van der Waals surface area contributed by atoms with Crippen molar-refractivity contribution in [3.8, 4) is 11.5 Å². The molecule has 1 aliphatic heterocycles. The maximum atomic E-state index is 11.7. The summed E-state index contributed by atoms with van der Waals surface area (Å²) in [6.45, 7) is 7.58. The summed E-state index contributed by atoms with van der Waals surface area (Å²) in [6.07, 6.45) is 8.39. The summed E-state index contributed by atoms with van der Waals surface area (Å²) in [4.78, 5) is 11.7. The highest BCUT2D eigenvalue weighted by Gasteiger charge is 2.47. The molecule has 168 valence electrons. The fraction of sp³-hybridized carbons (Fsp3) is 0.625. The number of nitrogens with two attached hydrogens (primary N) is 1. The molecule has 30 heavy (non-hydrogen) atoms. The van der Waals surface area contributed by atoms with E-state index in [9.17, 15) is 9.90 Å². The number of carboxylic acids is 1. The lowest BCUT2D eigenvalue weighted by Crippen LogP contribution is -2.46. The lowest BCUT2D eigenvalue weighted by molar-refractivity contribution is -0.133. The van der Waals surface area contributed by atoms with Crippen LogP contribution >= 0.6 is 12.4 Å². The number of hydrogen-bond acceptors (Lipinski definition) is 4. The smallest absolute Gasteiger partial charge is 0.331 e. The van der Waals surface area contributed by atoms with Crippen molar-refractivity contribution in [2.24, 2.45) is 11.7 Å². The predicted octanol–water partition coefficient (Wildman–Crippen LogP) is 5.24. The largest absolute Gasteiger partial charge is 0.493 e. The number of fused-ring (bicyclic) bond motifs is 3. The molecular formula is C24H36ClNO4. The molecule has 1 aromatic rings. The fourth-order valence-electron chi connectivity index (χ4n) is 4.71. The zero-order chi connectivity index (χ0) is 21.0. The van der Waals surface area contributed by atoms with Crippen LogP contribution in [0.3, 0.4) is 0 Å². The number of aryl methyl sites for hydroxylation is 1. The second kappa shape index (κ2) is 10.5. The number of aliphatic carboxylic acids is 1. The minimum absolute atomic E-state index is 0. The van der Waals surface area contributed by atoms with Crippen LogP contribution in [0.2, 0.25) is 0 Å². The van der Waals surface area contributed by atoms with Crippen molar-refractivity contribution in [1.82, 2.24) is 0 Å². The van der Waals surface area contributed by atoms with Crippen molar-refractivity contribution in [2.75, 3.05) is 13.2 Å². The van der Waals surface area contributed by atoms with Crippen LogP contribution in [-0.4, -0.2) is 29.8 Å². The molecule has 0 aromatic heterocycles. The SMILES string of the molecule is CCCCCc1cc(OCCCN)c2c(c1)OC(C)(C)[C@@H]1CC=C(C(=O)O)C[C@@H]21.Cl. The van der Waals surface area contributed by atoms with Crippen LogP contribution in [0, 0.1) is 5.92 Å². The third-order valence-corrected chi connectivity index (χ3v) is 6.29. The maximum absolute atomic E-state index is 11.7. The highest BCUT2D eigenvalue weighted by Crippen LogP contribution is 2.54. The molecule has 0 spiro atoms. The standard InChI is InChI=1S/C24H35NO4.ClH/c1-4-5-6-8-16-13-20(28-12-7-11-25)22-18-15-17(23(26)27)9-10-19(18)24(2,3)29-21(22)14-16;/h9,13-14,18-19H,4-8,10-12,15,25H2,1-3H3,(H,26,27);1H/t18-,19-;/m1./s1. The van der Waals surface area contributed by atoms with Gasteiger partial charge >= 0.3 is 5.97 Å². The Hall–Kier alpha value is -1.72. The van der Waals surface area contributed by atoms with Crippen LogP contribution in [0.4, 0.5) is 0 Å². The van der Waals surface area contributed by atoms with Crippen LogP contribution in [-0.2, 0) is 11.2 Å². The topological polar surface area (TPSA) is 81.8 Å². The van der Waals surface area contributed by atoms with Crippen molar-refractivity contribution in [1.29, 1.82) is 0 Å². The number of ether oxygens (including phenoxy) is 2. The first-order valence-corrected chi connectivity index (χ1v) is 11.0.